The molecule has 15 heteroatoms. The molecule has 0 atom stereocenters. The standard InChI is InChI=1S/C12H13N3O2.C2H2F5O4P/c16-9-7-8(13-1-2-13)12(17)11(15-5-6-15)10(9)14-3-4-14;3-1(4,5)2(6,7)11-12(8,9)10/h7H,1-6H2;(H2,8,9,10). The van der Waals surface area contributed by atoms with Gasteiger partial charge in [-0.25, -0.2) is 9.09 Å². The normalized spacial score (nSPS) is 21.8. The summed E-state index contributed by atoms with van der Waals surface area (Å²) in [6.07, 6.45) is -10.5. The molecule has 0 aromatic carbocycles. The van der Waals surface area contributed by atoms with Crippen molar-refractivity contribution in [2.45, 2.75) is 12.3 Å². The minimum atomic E-state index is -6.14. The molecule has 0 aromatic heterocycles. The minimum Gasteiger partial charge on any atom is -0.365 e. The van der Waals surface area contributed by atoms with Crippen LogP contribution >= 0.6 is 7.82 Å². The smallest absolute Gasteiger partial charge is 0.365 e. The third-order valence-corrected chi connectivity index (χ3v) is 4.52. The summed E-state index contributed by atoms with van der Waals surface area (Å²) in [5.41, 5.74) is 1.89. The van der Waals surface area contributed by atoms with Crippen molar-refractivity contribution in [3.05, 3.63) is 23.2 Å². The number of phosphoric acid groups is 1. The van der Waals surface area contributed by atoms with E-state index in [2.05, 4.69) is 4.52 Å². The summed E-state index contributed by atoms with van der Waals surface area (Å²) in [6.45, 7) is 5.41. The van der Waals surface area contributed by atoms with Crippen LogP contribution < -0.4 is 0 Å². The second kappa shape index (κ2) is 7.04. The summed E-state index contributed by atoms with van der Waals surface area (Å²) in [7, 11) is -5.85. The summed E-state index contributed by atoms with van der Waals surface area (Å²) in [5, 5.41) is 0. The molecule has 3 saturated heterocycles. The molecule has 3 heterocycles. The first-order valence-corrected chi connectivity index (χ1v) is 9.75. The second-order valence-electron chi connectivity index (χ2n) is 6.48. The Morgan fingerprint density at radius 3 is 1.66 bits per heavy atom. The number of allylic oxidation sites excluding steroid dienone is 1. The lowest BCUT2D eigenvalue weighted by Gasteiger charge is -2.21. The quantitative estimate of drug-likeness (QED) is 0.268. The molecule has 0 unspecified atom stereocenters. The lowest BCUT2D eigenvalue weighted by Crippen LogP contribution is -2.38. The van der Waals surface area contributed by atoms with Gasteiger partial charge in [0.05, 0.1) is 5.70 Å². The van der Waals surface area contributed by atoms with Crippen LogP contribution in [0.25, 0.3) is 0 Å². The van der Waals surface area contributed by atoms with Crippen LogP contribution in [0.5, 0.6) is 0 Å². The molecule has 9 nitrogen and oxygen atoms in total. The van der Waals surface area contributed by atoms with Gasteiger partial charge in [-0.05, 0) is 0 Å². The van der Waals surface area contributed by atoms with E-state index in [1.54, 1.807) is 0 Å². The van der Waals surface area contributed by atoms with Crippen molar-refractivity contribution in [2.24, 2.45) is 0 Å². The average molecular weight is 447 g/mol. The van der Waals surface area contributed by atoms with E-state index >= 15 is 0 Å². The number of carbonyl (C=O) groups excluding carboxylic acids is 2. The number of hydrogen-bond donors (Lipinski definition) is 2. The Kier molecular flexibility index (Phi) is 5.27. The van der Waals surface area contributed by atoms with Gasteiger partial charge < -0.3 is 24.5 Å². The van der Waals surface area contributed by atoms with E-state index in [9.17, 15) is 36.1 Å². The molecule has 0 spiro atoms. The Morgan fingerprint density at radius 1 is 0.862 bits per heavy atom. The topological polar surface area (TPSA) is 110 Å². The molecular weight excluding hydrogens is 432 g/mol. The molecule has 3 fully saturated rings. The van der Waals surface area contributed by atoms with Gasteiger partial charge in [-0.1, -0.05) is 0 Å². The minimum absolute atomic E-state index is 0.00546. The first kappa shape index (κ1) is 21.7. The number of Topliss-reactive ketones (excluding diaryl/α,β-unsaturated/α-hetero) is 1. The maximum atomic E-state index is 12.4. The summed E-state index contributed by atoms with van der Waals surface area (Å²) >= 11 is 0. The number of nitrogens with zero attached hydrogens (tertiary/aromatic N) is 3. The van der Waals surface area contributed by atoms with Crippen LogP contribution in [-0.4, -0.2) is 87.6 Å². The molecule has 162 valence electrons. The molecular formula is C14H15F5N3O6P. The lowest BCUT2D eigenvalue weighted by molar-refractivity contribution is -0.364. The van der Waals surface area contributed by atoms with E-state index in [1.807, 2.05) is 14.7 Å². The van der Waals surface area contributed by atoms with Gasteiger partial charge in [-0.3, -0.25) is 9.59 Å². The van der Waals surface area contributed by atoms with Crippen molar-refractivity contribution in [3.63, 3.8) is 0 Å². The van der Waals surface area contributed by atoms with Crippen molar-refractivity contribution >= 4 is 19.4 Å². The number of ketones is 2. The summed E-state index contributed by atoms with van der Waals surface area (Å²) in [5.74, 6) is 0.0485. The van der Waals surface area contributed by atoms with Gasteiger partial charge in [-0.15, -0.1) is 0 Å². The molecule has 0 radical (unpaired) electrons. The molecule has 4 rings (SSSR count). The number of carbonyl (C=O) groups is 2. The zero-order valence-electron chi connectivity index (χ0n) is 14.5. The van der Waals surface area contributed by atoms with Crippen LogP contribution in [0.3, 0.4) is 0 Å². The molecule has 4 aliphatic rings. The van der Waals surface area contributed by atoms with Crippen molar-refractivity contribution in [2.75, 3.05) is 39.3 Å². The predicted molar refractivity (Wildman–Crippen MR) is 84.0 cm³/mol. The van der Waals surface area contributed by atoms with Crippen LogP contribution in [-0.2, 0) is 18.7 Å². The summed E-state index contributed by atoms with van der Waals surface area (Å²) < 4.78 is 68.4. The maximum Gasteiger partial charge on any atom is 0.483 e. The maximum absolute atomic E-state index is 12.4. The molecule has 29 heavy (non-hydrogen) atoms. The number of alkyl halides is 5. The first-order chi connectivity index (χ1) is 13.2. The monoisotopic (exact) mass is 447 g/mol. The number of phosphoric ester groups is 1. The predicted octanol–water partition coefficient (Wildman–Crippen LogP) is 0.431. The Morgan fingerprint density at radius 2 is 1.31 bits per heavy atom. The van der Waals surface area contributed by atoms with Gasteiger partial charge in [-0.2, -0.15) is 22.0 Å². The fraction of sp³-hybridized carbons (Fsp3) is 0.571. The molecule has 3 aliphatic heterocycles. The molecule has 0 bridgehead atoms. The van der Waals surface area contributed by atoms with Crippen molar-refractivity contribution in [1.82, 2.24) is 14.7 Å². The fourth-order valence-corrected chi connectivity index (χ4v) is 2.88. The Labute approximate surface area is 160 Å². The molecule has 1 aliphatic carbocycles. The highest BCUT2D eigenvalue weighted by Gasteiger charge is 2.62. The number of rotatable bonds is 5. The van der Waals surface area contributed by atoms with Crippen LogP contribution in [0.15, 0.2) is 23.2 Å². The highest BCUT2D eigenvalue weighted by atomic mass is 31.2. The SMILES string of the molecule is O=C1C=C(N2CC2)C(=O)C(N2CC2)=C1N1CC1.O=P(O)(O)OC(F)(F)C(F)(F)F. The molecule has 2 N–H and O–H groups in total. The Balaban J connectivity index is 0.000000179. The van der Waals surface area contributed by atoms with Crippen LogP contribution in [0.4, 0.5) is 22.0 Å². The van der Waals surface area contributed by atoms with E-state index in [4.69, 9.17) is 9.79 Å². The third kappa shape index (κ3) is 5.13. The van der Waals surface area contributed by atoms with E-state index < -0.39 is 20.1 Å². The molecule has 0 saturated carbocycles. The zero-order valence-corrected chi connectivity index (χ0v) is 15.4. The van der Waals surface area contributed by atoms with Crippen molar-refractivity contribution < 1.29 is 50.4 Å². The number of hydrogen-bond acceptors (Lipinski definition) is 7. The first-order valence-electron chi connectivity index (χ1n) is 8.22. The average Bonchev–Trinajstić information content (AvgIpc) is 3.41. The number of halogens is 5. The highest BCUT2D eigenvalue weighted by molar-refractivity contribution is 7.46. The van der Waals surface area contributed by atoms with E-state index in [0.717, 1.165) is 39.3 Å². The van der Waals surface area contributed by atoms with Gasteiger partial charge in [0.25, 0.3) is 0 Å². The van der Waals surface area contributed by atoms with E-state index in [-0.39, 0.29) is 11.6 Å². The van der Waals surface area contributed by atoms with Gasteiger partial charge >= 0.3 is 20.1 Å². The molecule has 0 aromatic rings. The van der Waals surface area contributed by atoms with Gasteiger partial charge in [0.15, 0.2) is 0 Å². The van der Waals surface area contributed by atoms with Crippen LogP contribution in [0.2, 0.25) is 0 Å². The summed E-state index contributed by atoms with van der Waals surface area (Å²) in [6, 6.07) is 0. The van der Waals surface area contributed by atoms with Crippen LogP contribution in [0.1, 0.15) is 0 Å². The van der Waals surface area contributed by atoms with Crippen LogP contribution in [0, 0.1) is 0 Å². The lowest BCUT2D eigenvalue weighted by atomic mass is 10.0. The third-order valence-electron chi connectivity index (χ3n) is 4.05. The van der Waals surface area contributed by atoms with Crippen molar-refractivity contribution in [3.8, 4) is 0 Å². The Bertz CT molecular complexity index is 839. The zero-order chi connectivity index (χ0) is 21.8. The Hall–Kier alpha value is -2.02. The van der Waals surface area contributed by atoms with Crippen molar-refractivity contribution in [1.29, 1.82) is 0 Å². The van der Waals surface area contributed by atoms with E-state index in [1.165, 1.54) is 6.08 Å². The van der Waals surface area contributed by atoms with Gasteiger partial charge in [0.2, 0.25) is 11.6 Å². The fourth-order valence-electron chi connectivity index (χ4n) is 2.48. The molecule has 0 amide bonds. The summed E-state index contributed by atoms with van der Waals surface area (Å²) in [4.78, 5) is 45.7. The van der Waals surface area contributed by atoms with Gasteiger partial charge in [0, 0.05) is 45.3 Å². The van der Waals surface area contributed by atoms with E-state index in [0.29, 0.717) is 17.1 Å². The second-order valence-corrected chi connectivity index (χ2v) is 7.64. The van der Waals surface area contributed by atoms with Gasteiger partial charge in [0.1, 0.15) is 11.4 Å². The largest absolute Gasteiger partial charge is 0.483 e. The highest BCUT2D eigenvalue weighted by Crippen LogP contribution is 2.49.